The number of nitrogens with zero attached hydrogens (tertiary/aromatic N) is 4. The van der Waals surface area contributed by atoms with Gasteiger partial charge in [-0.1, -0.05) is 306 Å². The predicted molar refractivity (Wildman–Crippen MR) is 494 cm³/mol. The highest BCUT2D eigenvalue weighted by atomic mass is 15.2. The Morgan fingerprint density at radius 2 is 0.574 bits per heavy atom. The third-order valence-corrected chi connectivity index (χ3v) is 26.8. The van der Waals surface area contributed by atoms with Crippen molar-refractivity contribution in [3.63, 3.8) is 0 Å². The largest absolute Gasteiger partial charge is 0.311 e. The van der Waals surface area contributed by atoms with Gasteiger partial charge in [0.1, 0.15) is 0 Å². The van der Waals surface area contributed by atoms with Crippen LogP contribution in [-0.4, -0.2) is 15.8 Å². The summed E-state index contributed by atoms with van der Waals surface area (Å²) in [5.41, 5.74) is 39.5. The molecule has 5 heteroatoms. The van der Waals surface area contributed by atoms with Gasteiger partial charge in [0.05, 0.1) is 27.8 Å². The molecule has 16 aromatic rings. The molecule has 0 amide bonds. The maximum atomic E-state index is 2.66. The Labute approximate surface area is 680 Å². The Morgan fingerprint density at radius 3 is 1.03 bits per heavy atom. The van der Waals surface area contributed by atoms with Gasteiger partial charge in [0.2, 0.25) is 0 Å². The zero-order chi connectivity index (χ0) is 79.5. The van der Waals surface area contributed by atoms with Gasteiger partial charge in [-0.05, 0) is 265 Å². The summed E-state index contributed by atoms with van der Waals surface area (Å²) >= 11 is 0. The van der Waals surface area contributed by atoms with E-state index in [2.05, 4.69) is 428 Å². The molecule has 0 atom stereocenters. The van der Waals surface area contributed by atoms with E-state index in [1.54, 1.807) is 0 Å². The average molecular weight is 1490 g/mol. The molecule has 0 saturated carbocycles. The van der Waals surface area contributed by atoms with Gasteiger partial charge in [-0.25, -0.2) is 0 Å². The van der Waals surface area contributed by atoms with Crippen LogP contribution in [0.1, 0.15) is 169 Å². The molecule has 4 nitrogen and oxygen atoms in total. The second-order valence-electron chi connectivity index (χ2n) is 39.7. The van der Waals surface area contributed by atoms with Crippen molar-refractivity contribution in [1.29, 1.82) is 0 Å². The molecule has 2 aliphatic heterocycles. The van der Waals surface area contributed by atoms with Gasteiger partial charge in [-0.15, -0.1) is 0 Å². The molecule has 4 aliphatic rings. The van der Waals surface area contributed by atoms with E-state index in [1.807, 2.05) is 0 Å². The van der Waals surface area contributed by atoms with Crippen LogP contribution in [0.15, 0.2) is 291 Å². The molecule has 115 heavy (non-hydrogen) atoms. The molecule has 0 bridgehead atoms. The first-order valence-electron chi connectivity index (χ1n) is 41.8. The Balaban J connectivity index is 0.879. The van der Waals surface area contributed by atoms with E-state index in [4.69, 9.17) is 0 Å². The summed E-state index contributed by atoms with van der Waals surface area (Å²) in [4.78, 5) is 5.29. The van der Waals surface area contributed by atoms with Gasteiger partial charge in [-0.3, -0.25) is 0 Å². The van der Waals surface area contributed by atoms with Crippen LogP contribution in [-0.2, 0) is 37.9 Å². The summed E-state index contributed by atoms with van der Waals surface area (Å²) in [5, 5.41) is 4.95. The molecule has 0 N–H and O–H groups in total. The second kappa shape index (κ2) is 25.4. The monoisotopic (exact) mass is 1490 g/mol. The summed E-state index contributed by atoms with van der Waals surface area (Å²) in [6.45, 7) is 40.2. The number of anilines is 6. The molecule has 0 radical (unpaired) electrons. The van der Waals surface area contributed by atoms with E-state index in [9.17, 15) is 0 Å². The van der Waals surface area contributed by atoms with Crippen LogP contribution >= 0.6 is 0 Å². The lowest BCUT2D eigenvalue weighted by Crippen LogP contribution is -2.61. The fourth-order valence-corrected chi connectivity index (χ4v) is 21.2. The SMILES string of the molecule is CC(C)(C)c1ccc(-c2ccc3c(c2)B2c4ccc(-n5c6ccc(-c7ccccc7)cc6c6cc(-c7ccccc7)ccc65)cc4N(c4ccc(-c5ccc6c(c5)C(C)(C)CC6(C)C)cc4)c4cc(-n5c6ccc(C(C)(C)C)cc6c6cc(C(C)(C)C)ccc65)cc(c42)N3c2ccc(-c3ccc4c(c3)C(C)(C)CC4(C)C)cc2)cc1. The third-order valence-electron chi connectivity index (χ3n) is 26.8. The van der Waals surface area contributed by atoms with Gasteiger partial charge in [0, 0.05) is 61.4 Å². The zero-order valence-electron chi connectivity index (χ0n) is 70.0. The van der Waals surface area contributed by atoms with Crippen molar-refractivity contribution in [3.8, 4) is 67.0 Å². The van der Waals surface area contributed by atoms with Crippen molar-refractivity contribution >= 4 is 101 Å². The van der Waals surface area contributed by atoms with Crippen molar-refractivity contribution in [2.75, 3.05) is 9.80 Å². The summed E-state index contributed by atoms with van der Waals surface area (Å²) in [5.74, 6) is 0. The summed E-state index contributed by atoms with van der Waals surface area (Å²) in [6.07, 6.45) is 2.24. The average Bonchev–Trinajstić information content (AvgIpc) is 1.17. The second-order valence-corrected chi connectivity index (χ2v) is 39.7. The number of hydrogen-bond acceptors (Lipinski definition) is 2. The van der Waals surface area contributed by atoms with Crippen molar-refractivity contribution in [3.05, 3.63) is 330 Å². The maximum absolute atomic E-state index is 2.66. The lowest BCUT2D eigenvalue weighted by atomic mass is 9.33. The van der Waals surface area contributed by atoms with E-state index in [1.165, 1.54) is 144 Å². The van der Waals surface area contributed by atoms with Crippen molar-refractivity contribution < 1.29 is 0 Å². The lowest BCUT2D eigenvalue weighted by molar-refractivity contribution is 0.402. The van der Waals surface area contributed by atoms with Crippen LogP contribution in [0.4, 0.5) is 34.1 Å². The third kappa shape index (κ3) is 11.7. The summed E-state index contributed by atoms with van der Waals surface area (Å²) in [6, 6.07) is 114. The van der Waals surface area contributed by atoms with Crippen molar-refractivity contribution in [2.45, 2.75) is 168 Å². The number of hydrogen-bond donors (Lipinski definition) is 0. The molecule has 0 spiro atoms. The molecule has 20 rings (SSSR count). The molecule has 2 aliphatic carbocycles. The highest BCUT2D eigenvalue weighted by Crippen LogP contribution is 2.54. The Hall–Kier alpha value is -11.7. The van der Waals surface area contributed by atoms with E-state index < -0.39 is 0 Å². The van der Waals surface area contributed by atoms with Crippen molar-refractivity contribution in [1.82, 2.24) is 9.13 Å². The van der Waals surface area contributed by atoms with Crippen LogP contribution in [0.2, 0.25) is 0 Å². The zero-order valence-corrected chi connectivity index (χ0v) is 70.0. The number of rotatable bonds is 9. The highest BCUT2D eigenvalue weighted by molar-refractivity contribution is 7.00. The van der Waals surface area contributed by atoms with Crippen LogP contribution in [0.3, 0.4) is 0 Å². The minimum atomic E-state index is -0.210. The summed E-state index contributed by atoms with van der Waals surface area (Å²) < 4.78 is 5.14. The normalized spacial score (nSPS) is 15.7. The first-order valence-corrected chi connectivity index (χ1v) is 41.8. The van der Waals surface area contributed by atoms with Gasteiger partial charge >= 0.3 is 0 Å². The molecule has 566 valence electrons. The topological polar surface area (TPSA) is 16.3 Å². The van der Waals surface area contributed by atoms with Gasteiger partial charge in [0.15, 0.2) is 0 Å². The Kier molecular flexibility index (Phi) is 16.0. The van der Waals surface area contributed by atoms with E-state index in [0.717, 1.165) is 69.4 Å². The van der Waals surface area contributed by atoms with Gasteiger partial charge in [-0.2, -0.15) is 0 Å². The van der Waals surface area contributed by atoms with E-state index in [-0.39, 0.29) is 44.6 Å². The first kappa shape index (κ1) is 72.3. The number of benzene rings is 14. The Morgan fingerprint density at radius 1 is 0.243 bits per heavy atom. The van der Waals surface area contributed by atoms with E-state index >= 15 is 0 Å². The molecular formula is C110H103BN4. The van der Waals surface area contributed by atoms with Gasteiger partial charge in [0.25, 0.3) is 6.71 Å². The molecule has 0 saturated heterocycles. The minimum Gasteiger partial charge on any atom is -0.311 e. The number of fused-ring (bicyclic) bond motifs is 12. The molecule has 0 unspecified atom stereocenters. The minimum absolute atomic E-state index is 0.00385. The molecule has 2 aromatic heterocycles. The maximum Gasteiger partial charge on any atom is 0.252 e. The highest BCUT2D eigenvalue weighted by Gasteiger charge is 2.47. The first-order chi connectivity index (χ1) is 54.8. The summed E-state index contributed by atoms with van der Waals surface area (Å²) in [7, 11) is 0. The molecule has 0 fully saturated rings. The fourth-order valence-electron chi connectivity index (χ4n) is 21.2. The molecule has 4 heterocycles. The predicted octanol–water partition coefficient (Wildman–Crippen LogP) is 28.1. The molecular weight excluding hydrogens is 1390 g/mol. The fraction of sp³-hybridized carbons (Fsp3) is 0.236. The van der Waals surface area contributed by atoms with Crippen LogP contribution in [0.5, 0.6) is 0 Å². The van der Waals surface area contributed by atoms with Crippen LogP contribution in [0, 0.1) is 0 Å². The van der Waals surface area contributed by atoms with Crippen LogP contribution in [0.25, 0.3) is 111 Å². The van der Waals surface area contributed by atoms with Crippen LogP contribution < -0.4 is 26.2 Å². The number of aromatic nitrogens is 2. The van der Waals surface area contributed by atoms with E-state index in [0.29, 0.717) is 0 Å². The molecule has 14 aromatic carbocycles. The standard InChI is InChI=1S/C110H103BN4/c1-104(2,3)78-39-28-70(29-40-78)77-38-53-99-94(60-77)111-93-50-47-83(114-95-51-36-73(68-24-20-18-21-25-68)56-85(95)86-57-74(37-52-96(86)114)69-26-22-19-23-27-69)63-100(93)113(82-45-32-72(33-46-82)76-35-49-90-92(59-76)110(16,17)67-108(90,12)13)102-65-84(115-97-54-41-79(105(4,5)6)61-87(97)88-62-80(106(7,8)9)42-55-98(88)115)64-101(103(102)111)112(99)81-43-30-71(31-44-81)75-34-48-89-91(58-75)109(14,15)66-107(89,10)11/h18-65H,66-67H2,1-17H3. The Bertz CT molecular complexity index is 6510. The quantitative estimate of drug-likeness (QED) is 0.134. The lowest BCUT2D eigenvalue weighted by Gasteiger charge is -2.44. The van der Waals surface area contributed by atoms with Crippen molar-refractivity contribution in [2.24, 2.45) is 0 Å². The smallest absolute Gasteiger partial charge is 0.252 e. The van der Waals surface area contributed by atoms with Gasteiger partial charge < -0.3 is 18.9 Å².